The maximum atomic E-state index is 12.7. The van der Waals surface area contributed by atoms with Crippen LogP contribution in [0, 0.1) is 5.92 Å². The summed E-state index contributed by atoms with van der Waals surface area (Å²) in [5.74, 6) is 1.39. The number of hydrogen-bond donors (Lipinski definition) is 1. The Hall–Kier alpha value is -2.90. The number of nitrogens with one attached hydrogen (secondary N) is 1. The highest BCUT2D eigenvalue weighted by Crippen LogP contribution is 2.27. The second-order valence-corrected chi connectivity index (χ2v) is 9.52. The number of aromatic nitrogens is 2. The summed E-state index contributed by atoms with van der Waals surface area (Å²) < 4.78 is 5.44. The van der Waals surface area contributed by atoms with Crippen LogP contribution in [-0.4, -0.2) is 53.7 Å². The molecule has 0 unspecified atom stereocenters. The first-order valence-corrected chi connectivity index (χ1v) is 12.4. The van der Waals surface area contributed by atoms with Gasteiger partial charge in [-0.05, 0) is 62.5 Å². The standard InChI is InChI=1S/C26H30ClN5O2/c27-22-7-3-6-21(17-22)25-29-24(34-30-25)18-31-14-9-20(10-15-31)26(33)28-12-4-13-32-16-11-19-5-1-2-8-23(19)32/h1-3,5-8,17,20H,4,9-16,18H2,(H,28,33). The molecule has 1 amide bonds. The van der Waals surface area contributed by atoms with Gasteiger partial charge in [0.25, 0.3) is 0 Å². The van der Waals surface area contributed by atoms with Crippen LogP contribution in [0.3, 0.4) is 0 Å². The lowest BCUT2D eigenvalue weighted by molar-refractivity contribution is -0.126. The Morgan fingerprint density at radius 1 is 1.12 bits per heavy atom. The molecule has 0 atom stereocenters. The van der Waals surface area contributed by atoms with Crippen LogP contribution in [-0.2, 0) is 17.8 Å². The van der Waals surface area contributed by atoms with Crippen molar-refractivity contribution in [3.05, 3.63) is 65.0 Å². The van der Waals surface area contributed by atoms with Crippen LogP contribution in [0.25, 0.3) is 11.4 Å². The van der Waals surface area contributed by atoms with Crippen LogP contribution in [0.1, 0.15) is 30.7 Å². The van der Waals surface area contributed by atoms with Gasteiger partial charge in [0.2, 0.25) is 17.6 Å². The number of para-hydroxylation sites is 1. The van der Waals surface area contributed by atoms with Crippen LogP contribution in [0.5, 0.6) is 0 Å². The number of rotatable bonds is 8. The average Bonchev–Trinajstić information content (AvgIpc) is 3.49. The molecule has 3 heterocycles. The summed E-state index contributed by atoms with van der Waals surface area (Å²) in [5.41, 5.74) is 3.62. The SMILES string of the molecule is O=C(NCCCN1CCc2ccccc21)C1CCN(Cc2nc(-c3cccc(Cl)c3)no2)CC1. The third-order valence-corrected chi connectivity index (χ3v) is 6.99. The molecule has 0 saturated carbocycles. The summed E-state index contributed by atoms with van der Waals surface area (Å²) >= 11 is 6.06. The molecule has 1 N–H and O–H groups in total. The number of carbonyl (C=O) groups is 1. The van der Waals surface area contributed by atoms with Gasteiger partial charge >= 0.3 is 0 Å². The fourth-order valence-corrected chi connectivity index (χ4v) is 5.06. The smallest absolute Gasteiger partial charge is 0.241 e. The third kappa shape index (κ3) is 5.42. The number of halogens is 1. The number of anilines is 1. The zero-order valence-electron chi connectivity index (χ0n) is 19.3. The maximum Gasteiger partial charge on any atom is 0.241 e. The van der Waals surface area contributed by atoms with Crippen LogP contribution >= 0.6 is 11.6 Å². The van der Waals surface area contributed by atoms with E-state index in [1.165, 1.54) is 11.3 Å². The molecular weight excluding hydrogens is 450 g/mol. The Morgan fingerprint density at radius 3 is 2.82 bits per heavy atom. The molecule has 8 heteroatoms. The summed E-state index contributed by atoms with van der Waals surface area (Å²) in [6.45, 7) is 5.07. The topological polar surface area (TPSA) is 74.5 Å². The molecule has 0 spiro atoms. The molecule has 0 bridgehead atoms. The summed E-state index contributed by atoms with van der Waals surface area (Å²) in [5, 5.41) is 7.88. The van der Waals surface area contributed by atoms with E-state index < -0.39 is 0 Å². The number of fused-ring (bicyclic) bond motifs is 1. The van der Waals surface area contributed by atoms with E-state index in [2.05, 4.69) is 49.5 Å². The molecule has 3 aromatic rings. The fraction of sp³-hybridized carbons (Fsp3) is 0.423. The van der Waals surface area contributed by atoms with Gasteiger partial charge in [-0.15, -0.1) is 0 Å². The van der Waals surface area contributed by atoms with Crippen molar-refractivity contribution in [3.8, 4) is 11.4 Å². The van der Waals surface area contributed by atoms with E-state index in [-0.39, 0.29) is 11.8 Å². The van der Waals surface area contributed by atoms with Gasteiger partial charge in [-0.3, -0.25) is 9.69 Å². The third-order valence-electron chi connectivity index (χ3n) is 6.76. The fourth-order valence-electron chi connectivity index (χ4n) is 4.87. The van der Waals surface area contributed by atoms with Crippen molar-refractivity contribution >= 4 is 23.2 Å². The highest BCUT2D eigenvalue weighted by molar-refractivity contribution is 6.30. The first-order chi connectivity index (χ1) is 16.7. The molecule has 7 nitrogen and oxygen atoms in total. The minimum Gasteiger partial charge on any atom is -0.371 e. The number of benzene rings is 2. The monoisotopic (exact) mass is 479 g/mol. The molecule has 1 fully saturated rings. The lowest BCUT2D eigenvalue weighted by atomic mass is 9.96. The minimum absolute atomic E-state index is 0.0773. The lowest BCUT2D eigenvalue weighted by Crippen LogP contribution is -2.40. The Morgan fingerprint density at radius 2 is 1.97 bits per heavy atom. The first kappa shape index (κ1) is 22.9. The van der Waals surface area contributed by atoms with E-state index in [1.54, 1.807) is 0 Å². The highest BCUT2D eigenvalue weighted by atomic mass is 35.5. The molecule has 2 aliphatic heterocycles. The largest absolute Gasteiger partial charge is 0.371 e. The van der Waals surface area contributed by atoms with Crippen LogP contribution in [0.4, 0.5) is 5.69 Å². The van der Waals surface area contributed by atoms with E-state index >= 15 is 0 Å². The number of hydrogen-bond acceptors (Lipinski definition) is 6. The van der Waals surface area contributed by atoms with Gasteiger partial charge in [-0.2, -0.15) is 4.98 Å². The normalized spacial score (nSPS) is 16.6. The van der Waals surface area contributed by atoms with Crippen molar-refractivity contribution in [1.82, 2.24) is 20.4 Å². The molecule has 5 rings (SSSR count). The van der Waals surface area contributed by atoms with E-state index in [1.807, 2.05) is 24.3 Å². The molecule has 1 aromatic heterocycles. The Balaban J connectivity index is 1.02. The second-order valence-electron chi connectivity index (χ2n) is 9.08. The van der Waals surface area contributed by atoms with Crippen LogP contribution in [0.15, 0.2) is 53.1 Å². The van der Waals surface area contributed by atoms with Gasteiger partial charge in [0.15, 0.2) is 0 Å². The van der Waals surface area contributed by atoms with Crippen molar-refractivity contribution in [2.45, 2.75) is 32.2 Å². The zero-order chi connectivity index (χ0) is 23.3. The first-order valence-electron chi connectivity index (χ1n) is 12.1. The number of piperidine rings is 1. The molecule has 2 aliphatic rings. The van der Waals surface area contributed by atoms with Crippen molar-refractivity contribution in [1.29, 1.82) is 0 Å². The Kier molecular flexibility index (Phi) is 7.11. The predicted octanol–water partition coefficient (Wildman–Crippen LogP) is 4.17. The summed E-state index contributed by atoms with van der Waals surface area (Å²) in [6, 6.07) is 16.0. The van der Waals surface area contributed by atoms with E-state index in [4.69, 9.17) is 16.1 Å². The van der Waals surface area contributed by atoms with E-state index in [0.717, 1.165) is 64.0 Å². The molecule has 34 heavy (non-hydrogen) atoms. The van der Waals surface area contributed by atoms with Gasteiger partial charge in [0.1, 0.15) is 0 Å². The van der Waals surface area contributed by atoms with E-state index in [0.29, 0.717) is 23.3 Å². The summed E-state index contributed by atoms with van der Waals surface area (Å²) in [6.07, 6.45) is 3.78. The summed E-state index contributed by atoms with van der Waals surface area (Å²) in [4.78, 5) is 21.8. The van der Waals surface area contributed by atoms with Gasteiger partial charge < -0.3 is 14.7 Å². The van der Waals surface area contributed by atoms with Crippen molar-refractivity contribution in [2.75, 3.05) is 37.6 Å². The average molecular weight is 480 g/mol. The van der Waals surface area contributed by atoms with Gasteiger partial charge in [0, 0.05) is 41.8 Å². The quantitative estimate of drug-likeness (QED) is 0.489. The maximum absolute atomic E-state index is 12.7. The van der Waals surface area contributed by atoms with Gasteiger partial charge in [-0.1, -0.05) is 47.1 Å². The van der Waals surface area contributed by atoms with Crippen molar-refractivity contribution < 1.29 is 9.32 Å². The summed E-state index contributed by atoms with van der Waals surface area (Å²) in [7, 11) is 0. The van der Waals surface area contributed by atoms with Crippen molar-refractivity contribution in [3.63, 3.8) is 0 Å². The van der Waals surface area contributed by atoms with Gasteiger partial charge in [-0.25, -0.2) is 0 Å². The number of nitrogens with zero attached hydrogens (tertiary/aromatic N) is 4. The van der Waals surface area contributed by atoms with Crippen LogP contribution in [0.2, 0.25) is 5.02 Å². The Labute approximate surface area is 205 Å². The predicted molar refractivity (Wildman–Crippen MR) is 133 cm³/mol. The van der Waals surface area contributed by atoms with E-state index in [9.17, 15) is 4.79 Å². The van der Waals surface area contributed by atoms with Crippen LogP contribution < -0.4 is 10.2 Å². The minimum atomic E-state index is 0.0773. The number of likely N-dealkylation sites (tertiary alicyclic amines) is 1. The Bertz CT molecular complexity index is 1130. The lowest BCUT2D eigenvalue weighted by Gasteiger charge is -2.30. The molecule has 178 valence electrons. The van der Waals surface area contributed by atoms with Gasteiger partial charge in [0.05, 0.1) is 6.54 Å². The molecular formula is C26H30ClN5O2. The molecule has 0 radical (unpaired) electrons. The zero-order valence-corrected chi connectivity index (χ0v) is 20.0. The molecule has 2 aromatic carbocycles. The molecule has 1 saturated heterocycles. The second kappa shape index (κ2) is 10.6. The number of amides is 1. The van der Waals surface area contributed by atoms with Crippen molar-refractivity contribution in [2.24, 2.45) is 5.92 Å². The molecule has 0 aliphatic carbocycles. The number of carbonyl (C=O) groups excluding carboxylic acids is 1. The highest BCUT2D eigenvalue weighted by Gasteiger charge is 2.26.